The first-order valence-corrected chi connectivity index (χ1v) is 10.8. The summed E-state index contributed by atoms with van der Waals surface area (Å²) in [5, 5.41) is 0. The summed E-state index contributed by atoms with van der Waals surface area (Å²) in [5.74, 6) is 1.17. The summed E-state index contributed by atoms with van der Waals surface area (Å²) in [6.45, 7) is 4.17. The van der Waals surface area contributed by atoms with Gasteiger partial charge in [0.1, 0.15) is 6.29 Å². The van der Waals surface area contributed by atoms with Crippen molar-refractivity contribution >= 4 is 12.0 Å². The molecule has 29 heavy (non-hydrogen) atoms. The van der Waals surface area contributed by atoms with E-state index in [1.807, 2.05) is 12.1 Å². The van der Waals surface area contributed by atoms with Crippen molar-refractivity contribution in [2.75, 3.05) is 38.2 Å². The number of para-hydroxylation sites is 1. The summed E-state index contributed by atoms with van der Waals surface area (Å²) in [6, 6.07) is 14.7. The lowest BCUT2D eigenvalue weighted by atomic mass is 9.99. The predicted molar refractivity (Wildman–Crippen MR) is 116 cm³/mol. The summed E-state index contributed by atoms with van der Waals surface area (Å²) < 4.78 is 5.28. The number of pyridine rings is 1. The molecule has 3 heterocycles. The van der Waals surface area contributed by atoms with Gasteiger partial charge in [0.25, 0.3) is 0 Å². The minimum Gasteiger partial charge on any atom is -0.481 e. The standard InChI is InChI=1S/C24H31N3O2/c1-29-24-11-6-9-22(25-24)20-13-16-26(17-20)15-12-19-7-2-3-10-23(19)27-14-5-4-8-21(27)18-28/h2-3,6-7,9-11,18,20-21H,4-5,8,12-17H2,1H3. The van der Waals surface area contributed by atoms with E-state index in [-0.39, 0.29) is 6.04 Å². The largest absolute Gasteiger partial charge is 0.481 e. The first-order valence-electron chi connectivity index (χ1n) is 10.8. The van der Waals surface area contributed by atoms with Crippen LogP contribution in [-0.2, 0) is 11.2 Å². The van der Waals surface area contributed by atoms with Crippen LogP contribution in [-0.4, -0.2) is 55.5 Å². The molecule has 1 aromatic heterocycles. The normalized spacial score (nSPS) is 22.6. The van der Waals surface area contributed by atoms with Gasteiger partial charge in [0.05, 0.1) is 13.2 Å². The highest BCUT2D eigenvalue weighted by molar-refractivity contribution is 5.68. The number of aromatic nitrogens is 1. The fraction of sp³-hybridized carbons (Fsp3) is 0.500. The number of aldehydes is 1. The van der Waals surface area contributed by atoms with E-state index in [1.165, 1.54) is 17.7 Å². The second-order valence-electron chi connectivity index (χ2n) is 8.16. The zero-order valence-electron chi connectivity index (χ0n) is 17.3. The fourth-order valence-electron chi connectivity index (χ4n) is 4.73. The van der Waals surface area contributed by atoms with E-state index in [9.17, 15) is 4.79 Å². The summed E-state index contributed by atoms with van der Waals surface area (Å²) in [4.78, 5) is 21.1. The number of anilines is 1. The van der Waals surface area contributed by atoms with Crippen LogP contribution in [0.4, 0.5) is 5.69 Å². The second kappa shape index (κ2) is 9.40. The topological polar surface area (TPSA) is 45.7 Å². The zero-order chi connectivity index (χ0) is 20.1. The number of benzene rings is 1. The molecule has 4 rings (SSSR count). The molecule has 0 amide bonds. The van der Waals surface area contributed by atoms with Crippen molar-refractivity contribution in [1.29, 1.82) is 0 Å². The minimum absolute atomic E-state index is 0.0280. The second-order valence-corrected chi connectivity index (χ2v) is 8.16. The Labute approximate surface area is 173 Å². The van der Waals surface area contributed by atoms with E-state index in [0.717, 1.165) is 63.8 Å². The van der Waals surface area contributed by atoms with Crippen LogP contribution in [0.1, 0.15) is 42.9 Å². The maximum absolute atomic E-state index is 11.6. The van der Waals surface area contributed by atoms with Crippen LogP contribution in [0.5, 0.6) is 5.88 Å². The van der Waals surface area contributed by atoms with Crippen molar-refractivity contribution in [3.63, 3.8) is 0 Å². The van der Waals surface area contributed by atoms with Crippen LogP contribution in [0.15, 0.2) is 42.5 Å². The molecule has 2 aromatic rings. The molecule has 2 fully saturated rings. The van der Waals surface area contributed by atoms with Crippen LogP contribution >= 0.6 is 0 Å². The van der Waals surface area contributed by atoms with Crippen molar-refractivity contribution in [2.45, 2.75) is 44.1 Å². The molecule has 0 bridgehead atoms. The molecule has 0 spiro atoms. The molecule has 0 saturated carbocycles. The Balaban J connectivity index is 1.39. The molecule has 2 saturated heterocycles. The molecule has 0 aliphatic carbocycles. The third kappa shape index (κ3) is 4.61. The number of methoxy groups -OCH3 is 1. The molecule has 2 aliphatic heterocycles. The van der Waals surface area contributed by atoms with Gasteiger partial charge < -0.3 is 19.3 Å². The third-order valence-corrected chi connectivity index (χ3v) is 6.35. The zero-order valence-corrected chi connectivity index (χ0v) is 17.3. The number of hydrogen-bond acceptors (Lipinski definition) is 5. The molecule has 1 aromatic carbocycles. The highest BCUT2D eigenvalue weighted by Crippen LogP contribution is 2.30. The lowest BCUT2D eigenvalue weighted by Crippen LogP contribution is -2.41. The van der Waals surface area contributed by atoms with Gasteiger partial charge in [0.15, 0.2) is 0 Å². The Kier molecular flexibility index (Phi) is 6.45. The summed E-state index contributed by atoms with van der Waals surface area (Å²) in [7, 11) is 1.67. The maximum Gasteiger partial charge on any atom is 0.213 e. The molecule has 5 nitrogen and oxygen atoms in total. The first-order chi connectivity index (χ1) is 14.3. The van der Waals surface area contributed by atoms with Crippen molar-refractivity contribution in [1.82, 2.24) is 9.88 Å². The van der Waals surface area contributed by atoms with Gasteiger partial charge >= 0.3 is 0 Å². The molecule has 0 radical (unpaired) electrons. The Bertz CT molecular complexity index is 825. The highest BCUT2D eigenvalue weighted by Gasteiger charge is 2.26. The van der Waals surface area contributed by atoms with Gasteiger partial charge in [-0.15, -0.1) is 0 Å². The number of likely N-dealkylation sites (tertiary alicyclic amines) is 1. The van der Waals surface area contributed by atoms with Crippen molar-refractivity contribution in [2.24, 2.45) is 0 Å². The van der Waals surface area contributed by atoms with Crippen LogP contribution < -0.4 is 9.64 Å². The first kappa shape index (κ1) is 19.9. The number of piperidine rings is 1. The summed E-state index contributed by atoms with van der Waals surface area (Å²) in [6.07, 6.45) is 6.56. The SMILES string of the molecule is COc1cccc(C2CCN(CCc3ccccc3N3CCCCC3C=O)C2)n1. The Morgan fingerprint density at radius 3 is 2.86 bits per heavy atom. The molecular weight excluding hydrogens is 362 g/mol. The molecule has 2 unspecified atom stereocenters. The van der Waals surface area contributed by atoms with Gasteiger partial charge in [0.2, 0.25) is 5.88 Å². The molecular formula is C24H31N3O2. The van der Waals surface area contributed by atoms with Crippen LogP contribution in [0.3, 0.4) is 0 Å². The van der Waals surface area contributed by atoms with Crippen LogP contribution in [0, 0.1) is 0 Å². The number of hydrogen-bond donors (Lipinski definition) is 0. The predicted octanol–water partition coefficient (Wildman–Crippen LogP) is 3.68. The molecule has 5 heteroatoms. The van der Waals surface area contributed by atoms with E-state index < -0.39 is 0 Å². The van der Waals surface area contributed by atoms with E-state index in [1.54, 1.807) is 7.11 Å². The number of carbonyl (C=O) groups excluding carboxylic acids is 1. The lowest BCUT2D eigenvalue weighted by Gasteiger charge is -2.35. The van der Waals surface area contributed by atoms with Gasteiger partial charge in [-0.25, -0.2) is 4.98 Å². The van der Waals surface area contributed by atoms with Crippen molar-refractivity contribution < 1.29 is 9.53 Å². The van der Waals surface area contributed by atoms with E-state index in [0.29, 0.717) is 11.8 Å². The minimum atomic E-state index is 0.0280. The van der Waals surface area contributed by atoms with Gasteiger partial charge in [-0.3, -0.25) is 0 Å². The third-order valence-electron chi connectivity index (χ3n) is 6.35. The van der Waals surface area contributed by atoms with Crippen LogP contribution in [0.25, 0.3) is 0 Å². The van der Waals surface area contributed by atoms with Gasteiger partial charge in [0, 0.05) is 43.0 Å². The van der Waals surface area contributed by atoms with Crippen LogP contribution in [0.2, 0.25) is 0 Å². The average Bonchev–Trinajstić information content (AvgIpc) is 3.27. The molecule has 0 N–H and O–H groups in total. The Morgan fingerprint density at radius 2 is 2.00 bits per heavy atom. The Morgan fingerprint density at radius 1 is 1.10 bits per heavy atom. The fourth-order valence-corrected chi connectivity index (χ4v) is 4.73. The summed E-state index contributed by atoms with van der Waals surface area (Å²) >= 11 is 0. The van der Waals surface area contributed by atoms with E-state index >= 15 is 0 Å². The molecule has 154 valence electrons. The molecule has 2 aliphatic rings. The quantitative estimate of drug-likeness (QED) is 0.672. The number of carbonyl (C=O) groups is 1. The Hall–Kier alpha value is -2.40. The van der Waals surface area contributed by atoms with E-state index in [2.05, 4.69) is 45.1 Å². The number of ether oxygens (including phenoxy) is 1. The number of rotatable bonds is 7. The monoisotopic (exact) mass is 393 g/mol. The van der Waals surface area contributed by atoms with Gasteiger partial charge in [-0.1, -0.05) is 24.3 Å². The molecule has 2 atom stereocenters. The van der Waals surface area contributed by atoms with Gasteiger partial charge in [-0.2, -0.15) is 0 Å². The number of nitrogens with zero attached hydrogens (tertiary/aromatic N) is 3. The maximum atomic E-state index is 11.6. The average molecular weight is 394 g/mol. The van der Waals surface area contributed by atoms with E-state index in [4.69, 9.17) is 4.74 Å². The van der Waals surface area contributed by atoms with Crippen molar-refractivity contribution in [3.05, 3.63) is 53.7 Å². The smallest absolute Gasteiger partial charge is 0.213 e. The summed E-state index contributed by atoms with van der Waals surface area (Å²) in [5.41, 5.74) is 3.73. The highest BCUT2D eigenvalue weighted by atomic mass is 16.5. The van der Waals surface area contributed by atoms with Gasteiger partial charge in [-0.05, 0) is 56.3 Å². The lowest BCUT2D eigenvalue weighted by molar-refractivity contribution is -0.109. The van der Waals surface area contributed by atoms with Crippen molar-refractivity contribution in [3.8, 4) is 5.88 Å².